The number of likely N-dealkylation sites (tertiary alicyclic amines) is 1. The average molecular weight is 491 g/mol. The lowest BCUT2D eigenvalue weighted by Crippen LogP contribution is -2.38. The fraction of sp³-hybridized carbons (Fsp3) is 0.308. The minimum atomic E-state index is -0.0276. The van der Waals surface area contributed by atoms with E-state index < -0.39 is 0 Å². The highest BCUT2D eigenvalue weighted by Gasteiger charge is 2.29. The van der Waals surface area contributed by atoms with Gasteiger partial charge in [-0.25, -0.2) is 4.98 Å². The fourth-order valence-electron chi connectivity index (χ4n) is 4.92. The number of methoxy groups -OCH3 is 1. The number of pyridine rings is 1. The average Bonchev–Trinajstić information content (AvgIpc) is 3.49. The van der Waals surface area contributed by atoms with Crippen molar-refractivity contribution in [3.8, 4) is 28.3 Å². The first-order valence-electron chi connectivity index (χ1n) is 11.6. The molecule has 1 aliphatic heterocycles. The molecule has 180 valence electrons. The van der Waals surface area contributed by atoms with Crippen LogP contribution in [0.15, 0.2) is 43.2 Å². The van der Waals surface area contributed by atoms with Crippen molar-refractivity contribution in [3.63, 3.8) is 0 Å². The van der Waals surface area contributed by atoms with Gasteiger partial charge in [0.2, 0.25) is 11.8 Å². The van der Waals surface area contributed by atoms with Crippen LogP contribution in [0.25, 0.3) is 33.3 Å². The lowest BCUT2D eigenvalue weighted by molar-refractivity contribution is -0.127. The first-order valence-corrected chi connectivity index (χ1v) is 11.9. The Morgan fingerprint density at radius 1 is 1.23 bits per heavy atom. The number of nitrogens with zero attached hydrogens (tertiary/aromatic N) is 5. The maximum atomic E-state index is 12.1. The van der Waals surface area contributed by atoms with Gasteiger partial charge in [-0.2, -0.15) is 10.2 Å². The van der Waals surface area contributed by atoms with Crippen LogP contribution in [-0.2, 0) is 4.79 Å². The number of aromatic amines is 1. The summed E-state index contributed by atoms with van der Waals surface area (Å²) in [7, 11) is 1.60. The van der Waals surface area contributed by atoms with E-state index in [0.717, 1.165) is 57.4 Å². The summed E-state index contributed by atoms with van der Waals surface area (Å²) < 4.78 is 7.35. The number of aryl methyl sites for hydroxylation is 1. The molecule has 4 aromatic rings. The number of hydrogen-bond donors (Lipinski definition) is 1. The van der Waals surface area contributed by atoms with Crippen molar-refractivity contribution in [2.24, 2.45) is 0 Å². The van der Waals surface area contributed by atoms with Crippen LogP contribution >= 0.6 is 11.6 Å². The van der Waals surface area contributed by atoms with Crippen LogP contribution in [0, 0.1) is 13.8 Å². The van der Waals surface area contributed by atoms with Crippen molar-refractivity contribution in [2.75, 3.05) is 20.2 Å². The van der Waals surface area contributed by atoms with E-state index in [1.165, 1.54) is 6.08 Å². The summed E-state index contributed by atoms with van der Waals surface area (Å²) in [6.45, 7) is 9.02. The molecule has 0 spiro atoms. The van der Waals surface area contributed by atoms with E-state index in [1.54, 1.807) is 13.3 Å². The van der Waals surface area contributed by atoms with E-state index in [2.05, 4.69) is 33.4 Å². The molecule has 35 heavy (non-hydrogen) atoms. The number of fused-ring (bicyclic) bond motifs is 1. The third-order valence-corrected chi connectivity index (χ3v) is 7.27. The smallest absolute Gasteiger partial charge is 0.245 e. The number of ether oxygens (including phenoxy) is 1. The maximum absolute atomic E-state index is 12.1. The minimum absolute atomic E-state index is 0.0276. The number of hydrogen-bond acceptors (Lipinski definition) is 5. The number of piperidine rings is 1. The molecule has 3 aromatic heterocycles. The number of rotatable bonds is 5. The van der Waals surface area contributed by atoms with Gasteiger partial charge in [0.15, 0.2) is 0 Å². The van der Waals surface area contributed by atoms with E-state index in [-0.39, 0.29) is 11.9 Å². The van der Waals surface area contributed by atoms with Gasteiger partial charge in [0.1, 0.15) is 5.69 Å². The summed E-state index contributed by atoms with van der Waals surface area (Å²) in [5, 5.41) is 14.1. The van der Waals surface area contributed by atoms with Crippen LogP contribution in [0.4, 0.5) is 0 Å². The van der Waals surface area contributed by atoms with Crippen molar-refractivity contribution in [1.82, 2.24) is 29.9 Å². The minimum Gasteiger partial charge on any atom is -0.481 e. The number of halogens is 1. The second-order valence-electron chi connectivity index (χ2n) is 8.82. The van der Waals surface area contributed by atoms with E-state index >= 15 is 0 Å². The summed E-state index contributed by atoms with van der Waals surface area (Å²) in [5.41, 5.74) is 6.43. The number of benzene rings is 1. The zero-order valence-corrected chi connectivity index (χ0v) is 20.8. The molecule has 0 atom stereocenters. The Labute approximate surface area is 208 Å². The van der Waals surface area contributed by atoms with Crippen LogP contribution in [0.2, 0.25) is 5.02 Å². The Hall–Kier alpha value is -3.65. The zero-order chi connectivity index (χ0) is 24.7. The van der Waals surface area contributed by atoms with Crippen LogP contribution in [0.1, 0.15) is 30.1 Å². The number of nitrogens with one attached hydrogen (secondary N) is 1. The predicted molar refractivity (Wildman–Crippen MR) is 137 cm³/mol. The van der Waals surface area contributed by atoms with E-state index in [4.69, 9.17) is 21.4 Å². The molecule has 0 unspecified atom stereocenters. The second kappa shape index (κ2) is 9.19. The van der Waals surface area contributed by atoms with Gasteiger partial charge in [-0.3, -0.25) is 14.6 Å². The third-order valence-electron chi connectivity index (χ3n) is 6.78. The Morgan fingerprint density at radius 2 is 2.00 bits per heavy atom. The largest absolute Gasteiger partial charge is 0.481 e. The summed E-state index contributed by atoms with van der Waals surface area (Å²) in [4.78, 5) is 18.3. The molecule has 0 radical (unpaired) electrons. The number of H-pyrrole nitrogens is 1. The highest BCUT2D eigenvalue weighted by molar-refractivity contribution is 6.36. The lowest BCUT2D eigenvalue weighted by atomic mass is 9.95. The van der Waals surface area contributed by atoms with Gasteiger partial charge in [-0.1, -0.05) is 18.2 Å². The van der Waals surface area contributed by atoms with Crippen molar-refractivity contribution in [3.05, 3.63) is 59.5 Å². The number of carbonyl (C=O) groups excluding carboxylic acids is 1. The van der Waals surface area contributed by atoms with E-state index in [0.29, 0.717) is 24.0 Å². The highest BCUT2D eigenvalue weighted by Crippen LogP contribution is 2.44. The molecule has 1 fully saturated rings. The van der Waals surface area contributed by atoms with Gasteiger partial charge in [-0.15, -0.1) is 0 Å². The Kier molecular flexibility index (Phi) is 6.06. The van der Waals surface area contributed by atoms with Crippen molar-refractivity contribution in [2.45, 2.75) is 32.7 Å². The zero-order valence-electron chi connectivity index (χ0n) is 20.0. The van der Waals surface area contributed by atoms with Crippen molar-refractivity contribution < 1.29 is 9.53 Å². The molecule has 0 bridgehead atoms. The molecule has 1 amide bonds. The molecular weight excluding hydrogens is 464 g/mol. The van der Waals surface area contributed by atoms with Gasteiger partial charge >= 0.3 is 0 Å². The second-order valence-corrected chi connectivity index (χ2v) is 9.20. The number of carbonyl (C=O) groups is 1. The standard InChI is InChI=1S/C26H27ClN6O2/c1-5-22(34)32-10-8-18(9-11-32)33-16(3)23(26(31-33)17-6-7-21(35-4)28-13-17)24-19-14-29-30-20(19)12-15(2)25(24)27/h5-7,12-14,18H,1,8-11H2,2-4H3,(H,29,30). The van der Waals surface area contributed by atoms with Crippen LogP contribution in [0.3, 0.4) is 0 Å². The summed E-state index contributed by atoms with van der Waals surface area (Å²) in [5.74, 6) is 0.511. The normalized spacial score (nSPS) is 14.5. The molecule has 0 saturated carbocycles. The van der Waals surface area contributed by atoms with Gasteiger partial charge in [0.05, 0.1) is 29.9 Å². The summed E-state index contributed by atoms with van der Waals surface area (Å²) in [6.07, 6.45) is 6.58. The van der Waals surface area contributed by atoms with Gasteiger partial charge in [0.25, 0.3) is 0 Å². The van der Waals surface area contributed by atoms with Crippen LogP contribution < -0.4 is 4.74 Å². The Bertz CT molecular complexity index is 1410. The molecule has 9 heteroatoms. The molecule has 0 aliphatic carbocycles. The van der Waals surface area contributed by atoms with Gasteiger partial charge < -0.3 is 9.64 Å². The number of amides is 1. The first-order chi connectivity index (χ1) is 16.9. The van der Waals surface area contributed by atoms with E-state index in [1.807, 2.05) is 36.2 Å². The molecule has 1 saturated heterocycles. The quantitative estimate of drug-likeness (QED) is 0.392. The topological polar surface area (TPSA) is 88.9 Å². The summed E-state index contributed by atoms with van der Waals surface area (Å²) >= 11 is 6.94. The number of aromatic nitrogens is 5. The predicted octanol–water partition coefficient (Wildman–Crippen LogP) is 5.12. The van der Waals surface area contributed by atoms with Crippen LogP contribution in [-0.4, -0.2) is 56.0 Å². The van der Waals surface area contributed by atoms with E-state index in [9.17, 15) is 4.79 Å². The molecule has 8 nitrogen and oxygen atoms in total. The first kappa shape index (κ1) is 23.1. The molecule has 1 N–H and O–H groups in total. The van der Waals surface area contributed by atoms with Gasteiger partial charge in [0, 0.05) is 53.1 Å². The fourth-order valence-corrected chi connectivity index (χ4v) is 5.17. The molecular formula is C26H27ClN6O2. The van der Waals surface area contributed by atoms with Crippen molar-refractivity contribution >= 4 is 28.4 Å². The molecule has 1 aromatic carbocycles. The Morgan fingerprint density at radius 3 is 2.66 bits per heavy atom. The molecule has 5 rings (SSSR count). The molecule has 4 heterocycles. The van der Waals surface area contributed by atoms with Gasteiger partial charge in [-0.05, 0) is 50.5 Å². The lowest BCUT2D eigenvalue weighted by Gasteiger charge is -2.32. The maximum Gasteiger partial charge on any atom is 0.245 e. The summed E-state index contributed by atoms with van der Waals surface area (Å²) in [6, 6.07) is 5.96. The van der Waals surface area contributed by atoms with Crippen LogP contribution in [0.5, 0.6) is 5.88 Å². The monoisotopic (exact) mass is 490 g/mol. The molecule has 1 aliphatic rings. The highest BCUT2D eigenvalue weighted by atomic mass is 35.5. The SMILES string of the molecule is C=CC(=O)N1CCC(n2nc(-c3ccc(OC)nc3)c(-c3c(Cl)c(C)cc4[nH]ncc34)c2C)CC1. The Balaban J connectivity index is 1.67. The third kappa shape index (κ3) is 3.97. The van der Waals surface area contributed by atoms with Crippen molar-refractivity contribution in [1.29, 1.82) is 0 Å².